The molecule has 6 heteroatoms. The van der Waals surface area contributed by atoms with Gasteiger partial charge in [0.2, 0.25) is 0 Å². The maximum atomic E-state index is 12.2. The van der Waals surface area contributed by atoms with Crippen molar-refractivity contribution in [2.75, 3.05) is 24.5 Å². The van der Waals surface area contributed by atoms with Gasteiger partial charge in [-0.3, -0.25) is 9.88 Å². The molecule has 1 aromatic heterocycles. The Hall–Kier alpha value is -1.69. The van der Waals surface area contributed by atoms with Crippen molar-refractivity contribution >= 4 is 11.8 Å². The van der Waals surface area contributed by atoms with Crippen LogP contribution in [0.4, 0.5) is 10.6 Å². The normalized spacial score (nSPS) is 19.7. The minimum absolute atomic E-state index is 0.0525. The van der Waals surface area contributed by atoms with Crippen LogP contribution in [0.1, 0.15) is 18.5 Å². The first-order chi connectivity index (χ1) is 8.78. The fourth-order valence-electron chi connectivity index (χ4n) is 2.17. The maximum absolute atomic E-state index is 12.2. The molecule has 0 atom stereocenters. The molecule has 2 amide bonds. The second-order valence-electron chi connectivity index (χ2n) is 4.89. The molecule has 3 rings (SSSR count). The molecule has 0 radical (unpaired) electrons. The van der Waals surface area contributed by atoms with E-state index in [9.17, 15) is 4.79 Å². The number of amides is 2. The molecule has 0 unspecified atom stereocenters. The van der Waals surface area contributed by atoms with E-state index >= 15 is 0 Å². The first-order valence-electron chi connectivity index (χ1n) is 6.35. The Bertz CT molecular complexity index is 442. The Kier molecular flexibility index (Phi) is 2.87. The molecule has 1 aliphatic heterocycles. The van der Waals surface area contributed by atoms with E-state index in [0.29, 0.717) is 18.9 Å². The highest BCUT2D eigenvalue weighted by Gasteiger charge is 2.34. The summed E-state index contributed by atoms with van der Waals surface area (Å²) >= 11 is 0. The molecular weight excluding hydrogens is 230 g/mol. The Morgan fingerprint density at radius 2 is 2.11 bits per heavy atom. The average Bonchev–Trinajstić information content (AvgIpc) is 3.15. The number of nitrogens with zero attached hydrogens (tertiary/aromatic N) is 4. The van der Waals surface area contributed by atoms with Crippen LogP contribution in [-0.4, -0.2) is 40.5 Å². The third-order valence-corrected chi connectivity index (χ3v) is 3.45. The van der Waals surface area contributed by atoms with Gasteiger partial charge in [0.25, 0.3) is 0 Å². The average molecular weight is 247 g/mol. The van der Waals surface area contributed by atoms with Crippen molar-refractivity contribution in [2.24, 2.45) is 11.7 Å². The first kappa shape index (κ1) is 11.4. The molecule has 2 fully saturated rings. The SMILES string of the molecule is NCc1cnc(N2CCN(CC3CC3)C2=O)cn1. The van der Waals surface area contributed by atoms with Crippen LogP contribution in [0.25, 0.3) is 0 Å². The molecule has 1 saturated heterocycles. The van der Waals surface area contributed by atoms with Crippen LogP contribution in [0.2, 0.25) is 0 Å². The van der Waals surface area contributed by atoms with E-state index in [1.165, 1.54) is 12.8 Å². The summed E-state index contributed by atoms with van der Waals surface area (Å²) in [6.07, 6.45) is 5.77. The zero-order chi connectivity index (χ0) is 12.5. The van der Waals surface area contributed by atoms with Crippen molar-refractivity contribution in [3.8, 4) is 0 Å². The zero-order valence-corrected chi connectivity index (χ0v) is 10.2. The smallest absolute Gasteiger partial charge is 0.325 e. The van der Waals surface area contributed by atoms with Crippen molar-refractivity contribution in [2.45, 2.75) is 19.4 Å². The Morgan fingerprint density at radius 1 is 1.28 bits per heavy atom. The van der Waals surface area contributed by atoms with E-state index in [0.717, 1.165) is 24.7 Å². The molecule has 0 bridgehead atoms. The number of carbonyl (C=O) groups is 1. The molecule has 96 valence electrons. The van der Waals surface area contributed by atoms with E-state index in [1.54, 1.807) is 17.3 Å². The van der Waals surface area contributed by atoms with E-state index < -0.39 is 0 Å². The second-order valence-corrected chi connectivity index (χ2v) is 4.89. The molecule has 1 aliphatic carbocycles. The number of nitrogens with two attached hydrogens (primary N) is 1. The molecule has 6 nitrogen and oxygen atoms in total. The highest BCUT2D eigenvalue weighted by Crippen LogP contribution is 2.31. The minimum atomic E-state index is 0.0525. The maximum Gasteiger partial charge on any atom is 0.325 e. The molecule has 18 heavy (non-hydrogen) atoms. The van der Waals surface area contributed by atoms with Gasteiger partial charge >= 0.3 is 6.03 Å². The fraction of sp³-hybridized carbons (Fsp3) is 0.583. The highest BCUT2D eigenvalue weighted by atomic mass is 16.2. The van der Waals surface area contributed by atoms with E-state index in [-0.39, 0.29) is 6.03 Å². The van der Waals surface area contributed by atoms with E-state index in [4.69, 9.17) is 5.73 Å². The summed E-state index contributed by atoms with van der Waals surface area (Å²) < 4.78 is 0. The van der Waals surface area contributed by atoms with Crippen LogP contribution in [-0.2, 0) is 6.54 Å². The van der Waals surface area contributed by atoms with Gasteiger partial charge in [0, 0.05) is 26.2 Å². The summed E-state index contributed by atoms with van der Waals surface area (Å²) in [6.45, 7) is 2.75. The summed E-state index contributed by atoms with van der Waals surface area (Å²) in [7, 11) is 0. The van der Waals surface area contributed by atoms with Gasteiger partial charge in [0.05, 0.1) is 18.1 Å². The first-order valence-corrected chi connectivity index (χ1v) is 6.35. The number of rotatable bonds is 4. The lowest BCUT2D eigenvalue weighted by atomic mass is 10.4. The van der Waals surface area contributed by atoms with Gasteiger partial charge in [0.15, 0.2) is 5.82 Å². The molecular formula is C12H17N5O. The monoisotopic (exact) mass is 247 g/mol. The summed E-state index contributed by atoms with van der Waals surface area (Å²) in [4.78, 5) is 24.2. The fourth-order valence-corrected chi connectivity index (χ4v) is 2.17. The predicted octanol–water partition coefficient (Wildman–Crippen LogP) is 0.587. The highest BCUT2D eigenvalue weighted by molar-refractivity contribution is 5.93. The zero-order valence-electron chi connectivity index (χ0n) is 10.2. The van der Waals surface area contributed by atoms with Crippen LogP contribution in [0.15, 0.2) is 12.4 Å². The second kappa shape index (κ2) is 4.53. The van der Waals surface area contributed by atoms with Crippen molar-refractivity contribution in [1.29, 1.82) is 0 Å². The molecule has 1 saturated carbocycles. The number of anilines is 1. The van der Waals surface area contributed by atoms with Crippen molar-refractivity contribution in [3.05, 3.63) is 18.1 Å². The largest absolute Gasteiger partial charge is 0.325 e. The lowest BCUT2D eigenvalue weighted by molar-refractivity contribution is 0.218. The summed E-state index contributed by atoms with van der Waals surface area (Å²) in [6, 6.07) is 0.0525. The number of aromatic nitrogens is 2. The van der Waals surface area contributed by atoms with Crippen LogP contribution in [0, 0.1) is 5.92 Å². The van der Waals surface area contributed by atoms with Gasteiger partial charge in [-0.05, 0) is 18.8 Å². The summed E-state index contributed by atoms with van der Waals surface area (Å²) in [5.41, 5.74) is 6.21. The molecule has 2 heterocycles. The van der Waals surface area contributed by atoms with Gasteiger partial charge in [0.1, 0.15) is 0 Å². The van der Waals surface area contributed by atoms with E-state index in [1.807, 2.05) is 4.90 Å². The third kappa shape index (κ3) is 2.15. The number of hydrogen-bond acceptors (Lipinski definition) is 4. The lowest BCUT2D eigenvalue weighted by Crippen LogP contribution is -2.33. The molecule has 0 spiro atoms. The number of urea groups is 1. The quantitative estimate of drug-likeness (QED) is 0.844. The summed E-state index contributed by atoms with van der Waals surface area (Å²) in [5, 5.41) is 0. The van der Waals surface area contributed by atoms with Gasteiger partial charge in [-0.15, -0.1) is 0 Å². The molecule has 1 aromatic rings. The van der Waals surface area contributed by atoms with Crippen LogP contribution >= 0.6 is 0 Å². The van der Waals surface area contributed by atoms with Crippen molar-refractivity contribution in [3.63, 3.8) is 0 Å². The van der Waals surface area contributed by atoms with Crippen molar-refractivity contribution < 1.29 is 4.79 Å². The van der Waals surface area contributed by atoms with Crippen molar-refractivity contribution in [1.82, 2.24) is 14.9 Å². The minimum Gasteiger partial charge on any atom is -0.325 e. The topological polar surface area (TPSA) is 75.3 Å². The van der Waals surface area contributed by atoms with Crippen LogP contribution in [0.5, 0.6) is 0 Å². The van der Waals surface area contributed by atoms with E-state index in [2.05, 4.69) is 9.97 Å². The standard InChI is InChI=1S/C12H17N5O/c13-5-10-6-15-11(7-14-10)17-4-3-16(12(17)18)8-9-1-2-9/h6-7,9H,1-5,8,13H2. The Balaban J connectivity index is 1.69. The van der Waals surface area contributed by atoms with Gasteiger partial charge in [-0.2, -0.15) is 0 Å². The molecule has 2 N–H and O–H groups in total. The van der Waals surface area contributed by atoms with Gasteiger partial charge < -0.3 is 10.6 Å². The molecule has 0 aromatic carbocycles. The number of hydrogen-bond donors (Lipinski definition) is 1. The predicted molar refractivity (Wildman–Crippen MR) is 67.0 cm³/mol. The number of carbonyl (C=O) groups excluding carboxylic acids is 1. The Labute approximate surface area is 106 Å². The van der Waals surface area contributed by atoms with Gasteiger partial charge in [-0.1, -0.05) is 0 Å². The van der Waals surface area contributed by atoms with Crippen LogP contribution in [0.3, 0.4) is 0 Å². The van der Waals surface area contributed by atoms with Crippen LogP contribution < -0.4 is 10.6 Å². The summed E-state index contributed by atoms with van der Waals surface area (Å²) in [5.74, 6) is 1.34. The molecule has 2 aliphatic rings. The Morgan fingerprint density at radius 3 is 2.72 bits per heavy atom. The van der Waals surface area contributed by atoms with Gasteiger partial charge in [-0.25, -0.2) is 9.78 Å². The third-order valence-electron chi connectivity index (χ3n) is 3.45. The lowest BCUT2D eigenvalue weighted by Gasteiger charge is -2.17.